The van der Waals surface area contributed by atoms with Crippen molar-refractivity contribution in [3.8, 4) is 0 Å². The summed E-state index contributed by atoms with van der Waals surface area (Å²) in [5.74, 6) is -0.195. The molecule has 0 bridgehead atoms. The molecule has 1 rings (SSSR count). The summed E-state index contributed by atoms with van der Waals surface area (Å²) in [4.78, 5) is 25.4. The summed E-state index contributed by atoms with van der Waals surface area (Å²) in [7, 11) is 1.60. The maximum absolute atomic E-state index is 12.1. The second-order valence-corrected chi connectivity index (χ2v) is 4.14. The third kappa shape index (κ3) is 2.52. The van der Waals surface area contributed by atoms with E-state index in [2.05, 4.69) is 5.32 Å². The first-order valence-electron chi connectivity index (χ1n) is 5.87. The van der Waals surface area contributed by atoms with Gasteiger partial charge >= 0.3 is 0 Å². The van der Waals surface area contributed by atoms with E-state index in [4.69, 9.17) is 5.73 Å². The molecule has 0 aliphatic carbocycles. The van der Waals surface area contributed by atoms with Crippen LogP contribution in [0.25, 0.3) is 0 Å². The molecular formula is C11H21N3O2. The molecule has 1 aliphatic heterocycles. The number of nitrogens with two attached hydrogens (primary N) is 1. The molecule has 1 heterocycles. The molecule has 0 radical (unpaired) electrons. The largest absolute Gasteiger partial charge is 0.357 e. The van der Waals surface area contributed by atoms with Gasteiger partial charge in [0, 0.05) is 20.1 Å². The van der Waals surface area contributed by atoms with Crippen LogP contribution in [0.15, 0.2) is 0 Å². The van der Waals surface area contributed by atoms with Crippen molar-refractivity contribution < 1.29 is 9.59 Å². The summed E-state index contributed by atoms with van der Waals surface area (Å²) in [6, 6.07) is -0.293. The van der Waals surface area contributed by atoms with Gasteiger partial charge in [-0.3, -0.25) is 9.59 Å². The lowest BCUT2D eigenvalue weighted by Gasteiger charge is -2.26. The van der Waals surface area contributed by atoms with Crippen LogP contribution in [0, 0.1) is 5.92 Å². The topological polar surface area (TPSA) is 75.4 Å². The van der Waals surface area contributed by atoms with Crippen LogP contribution in [0.4, 0.5) is 0 Å². The Kier molecular flexibility index (Phi) is 4.73. The van der Waals surface area contributed by atoms with Gasteiger partial charge in [0.2, 0.25) is 11.8 Å². The summed E-state index contributed by atoms with van der Waals surface area (Å²) in [6.07, 6.45) is 2.38. The number of amides is 2. The van der Waals surface area contributed by atoms with Gasteiger partial charge in [-0.1, -0.05) is 6.92 Å². The summed E-state index contributed by atoms with van der Waals surface area (Å²) in [5, 5.41) is 2.60. The first-order chi connectivity index (χ1) is 7.65. The number of likely N-dealkylation sites (N-methyl/N-ethyl adjacent to an activating group) is 1. The van der Waals surface area contributed by atoms with E-state index >= 15 is 0 Å². The standard InChI is InChI=1S/C11H21N3O2/c1-3-8(7-12)11(16)14-6-4-5-9(14)10(15)13-2/h8-9H,3-7,12H2,1-2H3,(H,13,15). The molecule has 92 valence electrons. The van der Waals surface area contributed by atoms with Crippen molar-refractivity contribution in [2.75, 3.05) is 20.1 Å². The predicted octanol–water partition coefficient (Wildman–Crippen LogP) is -0.292. The zero-order chi connectivity index (χ0) is 12.1. The van der Waals surface area contributed by atoms with Crippen molar-refractivity contribution in [3.63, 3.8) is 0 Å². The fourth-order valence-corrected chi connectivity index (χ4v) is 2.15. The SMILES string of the molecule is CCC(CN)C(=O)N1CCCC1C(=O)NC. The molecule has 0 aromatic heterocycles. The molecule has 2 unspecified atom stereocenters. The summed E-state index contributed by atoms with van der Waals surface area (Å²) < 4.78 is 0. The highest BCUT2D eigenvalue weighted by Crippen LogP contribution is 2.20. The van der Waals surface area contributed by atoms with Crippen molar-refractivity contribution in [1.29, 1.82) is 0 Å². The normalized spacial score (nSPS) is 21.9. The highest BCUT2D eigenvalue weighted by Gasteiger charge is 2.35. The monoisotopic (exact) mass is 227 g/mol. The maximum atomic E-state index is 12.1. The van der Waals surface area contributed by atoms with E-state index in [-0.39, 0.29) is 23.8 Å². The molecule has 0 spiro atoms. The molecule has 0 saturated carbocycles. The van der Waals surface area contributed by atoms with E-state index in [1.165, 1.54) is 0 Å². The van der Waals surface area contributed by atoms with E-state index < -0.39 is 0 Å². The zero-order valence-electron chi connectivity index (χ0n) is 10.0. The van der Waals surface area contributed by atoms with Gasteiger partial charge in [-0.05, 0) is 19.3 Å². The van der Waals surface area contributed by atoms with Crippen LogP contribution in [-0.4, -0.2) is 42.9 Å². The molecule has 3 N–H and O–H groups in total. The number of rotatable bonds is 4. The van der Waals surface area contributed by atoms with Gasteiger partial charge in [0.15, 0.2) is 0 Å². The molecule has 1 aliphatic rings. The Morgan fingerprint density at radius 1 is 1.56 bits per heavy atom. The molecule has 0 aromatic carbocycles. The highest BCUT2D eigenvalue weighted by molar-refractivity contribution is 5.89. The van der Waals surface area contributed by atoms with E-state index in [0.717, 1.165) is 19.3 Å². The summed E-state index contributed by atoms with van der Waals surface area (Å²) >= 11 is 0. The molecular weight excluding hydrogens is 206 g/mol. The van der Waals surface area contributed by atoms with Crippen LogP contribution in [0.2, 0.25) is 0 Å². The lowest BCUT2D eigenvalue weighted by Crippen LogP contribution is -2.48. The van der Waals surface area contributed by atoms with Gasteiger partial charge in [-0.15, -0.1) is 0 Å². The Hall–Kier alpha value is -1.10. The second kappa shape index (κ2) is 5.84. The van der Waals surface area contributed by atoms with E-state index in [1.807, 2.05) is 6.92 Å². The minimum absolute atomic E-state index is 0.0242. The number of carbonyl (C=O) groups is 2. The van der Waals surface area contributed by atoms with Crippen molar-refractivity contribution in [1.82, 2.24) is 10.2 Å². The molecule has 2 amide bonds. The molecule has 16 heavy (non-hydrogen) atoms. The average Bonchev–Trinajstić information content (AvgIpc) is 2.78. The summed E-state index contributed by atoms with van der Waals surface area (Å²) in [6.45, 7) is 2.97. The Morgan fingerprint density at radius 2 is 2.25 bits per heavy atom. The van der Waals surface area contributed by atoms with Crippen LogP contribution in [0.1, 0.15) is 26.2 Å². The Morgan fingerprint density at radius 3 is 2.75 bits per heavy atom. The van der Waals surface area contributed by atoms with E-state index in [0.29, 0.717) is 13.1 Å². The molecule has 1 fully saturated rings. The number of likely N-dealkylation sites (tertiary alicyclic amines) is 1. The summed E-state index contributed by atoms with van der Waals surface area (Å²) in [5.41, 5.74) is 5.56. The Balaban J connectivity index is 2.70. The van der Waals surface area contributed by atoms with Crippen LogP contribution in [0.3, 0.4) is 0 Å². The van der Waals surface area contributed by atoms with Crippen LogP contribution >= 0.6 is 0 Å². The van der Waals surface area contributed by atoms with Gasteiger partial charge in [0.25, 0.3) is 0 Å². The van der Waals surface area contributed by atoms with Crippen molar-refractivity contribution >= 4 is 11.8 Å². The fourth-order valence-electron chi connectivity index (χ4n) is 2.15. The second-order valence-electron chi connectivity index (χ2n) is 4.14. The number of nitrogens with one attached hydrogen (secondary N) is 1. The minimum atomic E-state index is -0.293. The van der Waals surface area contributed by atoms with Crippen molar-refractivity contribution in [3.05, 3.63) is 0 Å². The molecule has 0 aromatic rings. The molecule has 5 heteroatoms. The highest BCUT2D eigenvalue weighted by atomic mass is 16.2. The smallest absolute Gasteiger partial charge is 0.242 e. The van der Waals surface area contributed by atoms with Crippen LogP contribution in [0.5, 0.6) is 0 Å². The number of hydrogen-bond donors (Lipinski definition) is 2. The van der Waals surface area contributed by atoms with Gasteiger partial charge < -0.3 is 16.0 Å². The molecule has 5 nitrogen and oxygen atoms in total. The van der Waals surface area contributed by atoms with Crippen LogP contribution < -0.4 is 11.1 Å². The van der Waals surface area contributed by atoms with Gasteiger partial charge in [-0.2, -0.15) is 0 Å². The number of nitrogens with zero attached hydrogens (tertiary/aromatic N) is 1. The fraction of sp³-hybridized carbons (Fsp3) is 0.818. The molecule has 1 saturated heterocycles. The van der Waals surface area contributed by atoms with Crippen LogP contribution in [-0.2, 0) is 9.59 Å². The number of hydrogen-bond acceptors (Lipinski definition) is 3. The minimum Gasteiger partial charge on any atom is -0.357 e. The van der Waals surface area contributed by atoms with Crippen molar-refractivity contribution in [2.24, 2.45) is 11.7 Å². The van der Waals surface area contributed by atoms with Gasteiger partial charge in [0.1, 0.15) is 6.04 Å². The molecule has 2 atom stereocenters. The quantitative estimate of drug-likeness (QED) is 0.693. The number of carbonyl (C=O) groups excluding carboxylic acids is 2. The lowest BCUT2D eigenvalue weighted by molar-refractivity contribution is -0.141. The first kappa shape index (κ1) is 13.0. The first-order valence-corrected chi connectivity index (χ1v) is 5.87. The third-order valence-corrected chi connectivity index (χ3v) is 3.21. The third-order valence-electron chi connectivity index (χ3n) is 3.21. The zero-order valence-corrected chi connectivity index (χ0v) is 10.0. The lowest BCUT2D eigenvalue weighted by atomic mass is 10.0. The maximum Gasteiger partial charge on any atom is 0.242 e. The Labute approximate surface area is 96.4 Å². The van der Waals surface area contributed by atoms with Gasteiger partial charge in [0.05, 0.1) is 5.92 Å². The van der Waals surface area contributed by atoms with E-state index in [1.54, 1.807) is 11.9 Å². The Bertz CT molecular complexity index is 264. The van der Waals surface area contributed by atoms with E-state index in [9.17, 15) is 9.59 Å². The predicted molar refractivity (Wildman–Crippen MR) is 61.6 cm³/mol. The van der Waals surface area contributed by atoms with Crippen molar-refractivity contribution in [2.45, 2.75) is 32.2 Å². The average molecular weight is 227 g/mol. The van der Waals surface area contributed by atoms with Gasteiger partial charge in [-0.25, -0.2) is 0 Å².